The number of ether oxygens (including phenoxy) is 1. The molecule has 0 aliphatic heterocycles. The molecular weight excluding hydrogens is 491 g/mol. The first-order chi connectivity index (χ1) is 17.6. The number of hydrogen-bond acceptors (Lipinski definition) is 4. The Kier molecular flexibility index (Phi) is 8.75. The van der Waals surface area contributed by atoms with E-state index in [0.717, 1.165) is 18.2 Å². The number of rotatable bonds is 9. The first kappa shape index (κ1) is 27.5. The molecular formula is C27H27F5N4O. The third-order valence-corrected chi connectivity index (χ3v) is 5.47. The number of alkyl halides is 3. The maximum Gasteiger partial charge on any atom is 0.416 e. The molecule has 0 bridgehead atoms. The predicted octanol–water partition coefficient (Wildman–Crippen LogP) is 6.60. The van der Waals surface area contributed by atoms with E-state index in [4.69, 9.17) is 10.5 Å². The molecule has 0 heterocycles. The van der Waals surface area contributed by atoms with Crippen LogP contribution in [-0.2, 0) is 12.7 Å². The summed E-state index contributed by atoms with van der Waals surface area (Å²) in [5, 5.41) is 5.82. The Morgan fingerprint density at radius 2 is 1.78 bits per heavy atom. The van der Waals surface area contributed by atoms with E-state index < -0.39 is 23.4 Å². The number of aliphatic imine (C=N–C) groups is 1. The fourth-order valence-electron chi connectivity index (χ4n) is 3.67. The molecule has 196 valence electrons. The van der Waals surface area contributed by atoms with Gasteiger partial charge in [-0.1, -0.05) is 37.8 Å². The van der Waals surface area contributed by atoms with Gasteiger partial charge < -0.3 is 21.1 Å². The normalized spacial score (nSPS) is 11.8. The van der Waals surface area contributed by atoms with Crippen molar-refractivity contribution in [1.82, 2.24) is 5.32 Å². The van der Waals surface area contributed by atoms with E-state index >= 15 is 0 Å². The van der Waals surface area contributed by atoms with Crippen LogP contribution in [0.4, 0.5) is 33.3 Å². The summed E-state index contributed by atoms with van der Waals surface area (Å²) in [6.45, 7) is 5.85. The molecule has 5 nitrogen and oxygen atoms in total. The van der Waals surface area contributed by atoms with E-state index in [9.17, 15) is 22.0 Å². The number of nitrogens with one attached hydrogen (secondary N) is 2. The highest BCUT2D eigenvalue weighted by molar-refractivity contribution is 6.08. The summed E-state index contributed by atoms with van der Waals surface area (Å²) in [5.41, 5.74) is 6.00. The summed E-state index contributed by atoms with van der Waals surface area (Å²) in [6.07, 6.45) is -3.89. The van der Waals surface area contributed by atoms with Crippen molar-refractivity contribution in [3.05, 3.63) is 95.1 Å². The molecule has 0 fully saturated rings. The number of nitrogen functional groups attached to an aromatic ring is 1. The third-order valence-electron chi connectivity index (χ3n) is 5.47. The minimum Gasteiger partial charge on any atom is -0.495 e. The van der Waals surface area contributed by atoms with Gasteiger partial charge in [0.05, 0.1) is 30.6 Å². The van der Waals surface area contributed by atoms with Crippen LogP contribution in [0.5, 0.6) is 5.75 Å². The number of methoxy groups -OCH3 is 1. The zero-order valence-corrected chi connectivity index (χ0v) is 20.3. The number of anilines is 2. The number of hydrogen-bond donors (Lipinski definition) is 3. The van der Waals surface area contributed by atoms with Gasteiger partial charge in [-0.15, -0.1) is 0 Å². The average molecular weight is 519 g/mol. The lowest BCUT2D eigenvalue weighted by Gasteiger charge is -2.19. The first-order valence-corrected chi connectivity index (χ1v) is 11.4. The van der Waals surface area contributed by atoms with Crippen LogP contribution in [0.1, 0.15) is 35.6 Å². The monoisotopic (exact) mass is 518 g/mol. The maximum atomic E-state index is 14.6. The van der Waals surface area contributed by atoms with Crippen molar-refractivity contribution in [2.24, 2.45) is 4.99 Å². The minimum atomic E-state index is -4.57. The molecule has 0 aromatic heterocycles. The Bertz CT molecular complexity index is 1300. The zero-order chi connectivity index (χ0) is 27.2. The molecule has 3 rings (SSSR count). The van der Waals surface area contributed by atoms with Crippen LogP contribution in [0.15, 0.2) is 66.2 Å². The van der Waals surface area contributed by atoms with Crippen LogP contribution < -0.4 is 21.1 Å². The second-order valence-electron chi connectivity index (χ2n) is 8.08. The number of para-hydroxylation sites is 1. The van der Waals surface area contributed by atoms with Crippen LogP contribution in [0.25, 0.3) is 5.70 Å². The van der Waals surface area contributed by atoms with Crippen LogP contribution in [0.3, 0.4) is 0 Å². The second-order valence-corrected chi connectivity index (χ2v) is 8.08. The van der Waals surface area contributed by atoms with Gasteiger partial charge in [0, 0.05) is 29.4 Å². The topological polar surface area (TPSA) is 71.7 Å². The lowest BCUT2D eigenvalue weighted by molar-refractivity contribution is -0.138. The molecule has 3 aromatic rings. The van der Waals surface area contributed by atoms with Gasteiger partial charge in [0.1, 0.15) is 23.2 Å². The minimum absolute atomic E-state index is 0.0288. The van der Waals surface area contributed by atoms with Crippen LogP contribution >= 0.6 is 0 Å². The number of amidine groups is 1. The van der Waals surface area contributed by atoms with Crippen LogP contribution in [-0.4, -0.2) is 19.5 Å². The van der Waals surface area contributed by atoms with Gasteiger partial charge in [-0.3, -0.25) is 4.99 Å². The van der Waals surface area contributed by atoms with Gasteiger partial charge in [0.25, 0.3) is 0 Å². The fraction of sp³-hybridized carbons (Fsp3) is 0.222. The molecule has 0 radical (unpaired) electrons. The van der Waals surface area contributed by atoms with Gasteiger partial charge >= 0.3 is 6.18 Å². The number of nitrogens with two attached hydrogens (primary N) is 1. The standard InChI is InChI=1S/C27H27F5N4O/c1-4-12-34-25-20(13-18(28)14-22(25)29)16(2)36-26(19-9-7-11-23(37-3)24(19)33)35-15-17-8-5-6-10-21(17)27(30,31)32/h5-11,13-14,34H,2,4,12,15,33H2,1,3H3,(H,35,36). The van der Waals surface area contributed by atoms with Gasteiger partial charge in [0.15, 0.2) is 0 Å². The molecule has 0 spiro atoms. The highest BCUT2D eigenvalue weighted by atomic mass is 19.4. The summed E-state index contributed by atoms with van der Waals surface area (Å²) in [4.78, 5) is 4.38. The molecule has 3 aromatic carbocycles. The Morgan fingerprint density at radius 3 is 2.46 bits per heavy atom. The van der Waals surface area contributed by atoms with E-state index in [-0.39, 0.29) is 40.6 Å². The highest BCUT2D eigenvalue weighted by Crippen LogP contribution is 2.33. The van der Waals surface area contributed by atoms with E-state index in [1.807, 2.05) is 6.92 Å². The quantitative estimate of drug-likeness (QED) is 0.129. The SMILES string of the molecule is C=C(NC(=NCc1ccccc1C(F)(F)F)c1cccc(OC)c1N)c1cc(F)cc(F)c1NCCC. The summed E-state index contributed by atoms with van der Waals surface area (Å²) < 4.78 is 74.5. The molecule has 37 heavy (non-hydrogen) atoms. The van der Waals surface area contributed by atoms with E-state index in [1.54, 1.807) is 18.2 Å². The molecule has 0 saturated carbocycles. The molecule has 0 unspecified atom stereocenters. The third kappa shape index (κ3) is 6.58. The van der Waals surface area contributed by atoms with Crippen molar-refractivity contribution < 1.29 is 26.7 Å². The predicted molar refractivity (Wildman–Crippen MR) is 136 cm³/mol. The van der Waals surface area contributed by atoms with Gasteiger partial charge in [-0.05, 0) is 36.2 Å². The van der Waals surface area contributed by atoms with Crippen LogP contribution in [0, 0.1) is 11.6 Å². The highest BCUT2D eigenvalue weighted by Gasteiger charge is 2.32. The van der Waals surface area contributed by atoms with Gasteiger partial charge in [0.2, 0.25) is 0 Å². The smallest absolute Gasteiger partial charge is 0.416 e. The van der Waals surface area contributed by atoms with Crippen molar-refractivity contribution in [2.45, 2.75) is 26.1 Å². The number of halogens is 5. The fourth-order valence-corrected chi connectivity index (χ4v) is 3.67. The summed E-state index contributed by atoms with van der Waals surface area (Å²) in [7, 11) is 1.42. The van der Waals surface area contributed by atoms with Crippen molar-refractivity contribution in [1.29, 1.82) is 0 Å². The molecule has 0 aliphatic rings. The number of benzene rings is 3. The molecule has 4 N–H and O–H groups in total. The average Bonchev–Trinajstić information content (AvgIpc) is 2.85. The molecule has 0 amide bonds. The summed E-state index contributed by atoms with van der Waals surface area (Å²) in [6, 6.07) is 11.7. The van der Waals surface area contributed by atoms with Crippen molar-refractivity contribution in [3.63, 3.8) is 0 Å². The zero-order valence-electron chi connectivity index (χ0n) is 20.3. The Morgan fingerprint density at radius 1 is 1.05 bits per heavy atom. The Labute approximate surface area is 211 Å². The van der Waals surface area contributed by atoms with Gasteiger partial charge in [-0.2, -0.15) is 13.2 Å². The second kappa shape index (κ2) is 11.8. The van der Waals surface area contributed by atoms with Gasteiger partial charge in [-0.25, -0.2) is 8.78 Å². The Balaban J connectivity index is 2.08. The van der Waals surface area contributed by atoms with E-state index in [0.29, 0.717) is 24.3 Å². The van der Waals surface area contributed by atoms with Crippen molar-refractivity contribution >= 4 is 22.9 Å². The molecule has 0 saturated heterocycles. The first-order valence-electron chi connectivity index (χ1n) is 11.4. The molecule has 0 atom stereocenters. The summed E-state index contributed by atoms with van der Waals surface area (Å²) in [5.74, 6) is -1.28. The molecule has 10 heteroatoms. The summed E-state index contributed by atoms with van der Waals surface area (Å²) >= 11 is 0. The Hall–Kier alpha value is -4.08. The largest absolute Gasteiger partial charge is 0.495 e. The lowest BCUT2D eigenvalue weighted by atomic mass is 10.1. The van der Waals surface area contributed by atoms with E-state index in [2.05, 4.69) is 22.2 Å². The number of nitrogens with zero attached hydrogens (tertiary/aromatic N) is 1. The maximum absolute atomic E-state index is 14.6. The van der Waals surface area contributed by atoms with Crippen LogP contribution in [0.2, 0.25) is 0 Å². The van der Waals surface area contributed by atoms with E-state index in [1.165, 1.54) is 25.3 Å². The van der Waals surface area contributed by atoms with Crippen molar-refractivity contribution in [2.75, 3.05) is 24.7 Å². The molecule has 0 aliphatic carbocycles. The lowest BCUT2D eigenvalue weighted by Crippen LogP contribution is -2.25. The van der Waals surface area contributed by atoms with Crippen molar-refractivity contribution in [3.8, 4) is 5.75 Å².